The molecule has 14 nitrogen and oxygen atoms in total. The molecule has 0 spiro atoms. The Morgan fingerprint density at radius 2 is 1.41 bits per heavy atom. The minimum Gasteiger partial charge on any atom is -0.463 e. The maximum Gasteiger partial charge on any atom is 0.303 e. The van der Waals surface area contributed by atoms with E-state index in [1.54, 1.807) is 59.0 Å². The van der Waals surface area contributed by atoms with Crippen molar-refractivity contribution in [2.45, 2.75) is 58.3 Å². The molecule has 0 radical (unpaired) electrons. The summed E-state index contributed by atoms with van der Waals surface area (Å²) in [7, 11) is 0. The highest BCUT2D eigenvalue weighted by Gasteiger charge is 2.53. The first-order valence-electron chi connectivity index (χ1n) is 13.5. The van der Waals surface area contributed by atoms with Gasteiger partial charge in [-0.3, -0.25) is 28.4 Å². The fraction of sp³-hybridized carbons (Fsp3) is 0.345. The summed E-state index contributed by atoms with van der Waals surface area (Å²) in [6.45, 7) is 4.15. The molecule has 1 aliphatic rings. The number of carbonyl (C=O) groups excluding carboxylic acids is 4. The molecule has 44 heavy (non-hydrogen) atoms. The molecule has 0 N–H and O–H groups in total. The van der Waals surface area contributed by atoms with Crippen LogP contribution in [0.4, 0.5) is 0 Å². The third-order valence-electron chi connectivity index (χ3n) is 6.78. The minimum absolute atomic E-state index is 0.0294. The van der Waals surface area contributed by atoms with Crippen molar-refractivity contribution in [3.05, 3.63) is 69.7 Å². The maximum absolute atomic E-state index is 13.8. The fourth-order valence-electron chi connectivity index (χ4n) is 5.17. The van der Waals surface area contributed by atoms with Crippen LogP contribution in [0.3, 0.4) is 0 Å². The number of rotatable bonds is 7. The smallest absolute Gasteiger partial charge is 0.303 e. The van der Waals surface area contributed by atoms with E-state index in [9.17, 15) is 24.0 Å². The number of hydrogen-bond donors (Lipinski definition) is 0. The van der Waals surface area contributed by atoms with Gasteiger partial charge in [0.2, 0.25) is 10.5 Å². The standard InChI is InChI=1S/C29H28N4O10S/c1-15(34)39-14-22-23(40-16(2)35)24(41-17(3)36)25(42-18(4)37)27(43-22)33-29(44)32-21-13-9-8-12-20(21)26(38)31(28(32)30-33)19-10-6-5-7-11-19/h5-13,22-25,27H,14H2,1-4H3/t22-,23-,24+,25-,27-/m1/s1. The van der Waals surface area contributed by atoms with Gasteiger partial charge in [-0.05, 0) is 36.5 Å². The first kappa shape index (κ1) is 30.6. The third kappa shape index (κ3) is 5.83. The molecule has 5 atom stereocenters. The number of fused-ring (bicyclic) bond motifs is 3. The van der Waals surface area contributed by atoms with Crippen LogP contribution >= 0.6 is 12.2 Å². The minimum atomic E-state index is -1.45. The zero-order valence-electron chi connectivity index (χ0n) is 24.1. The topological polar surface area (TPSA) is 159 Å². The lowest BCUT2D eigenvalue weighted by molar-refractivity contribution is -0.270. The van der Waals surface area contributed by atoms with Crippen LogP contribution in [0, 0.1) is 4.77 Å². The van der Waals surface area contributed by atoms with Crippen LogP contribution in [-0.4, -0.2) is 73.6 Å². The molecular formula is C29H28N4O10S. The molecule has 0 saturated carbocycles. The number of carbonyl (C=O) groups is 4. The van der Waals surface area contributed by atoms with Gasteiger partial charge in [-0.2, -0.15) is 0 Å². The molecule has 0 aliphatic carbocycles. The summed E-state index contributed by atoms with van der Waals surface area (Å²) in [5.41, 5.74) is 0.580. The number of aromatic nitrogens is 4. The highest BCUT2D eigenvalue weighted by molar-refractivity contribution is 7.71. The SMILES string of the molecule is CC(=O)OC[C@H]1O[C@@H](n2nc3n(-c4ccccc4)c(=O)c4ccccc4n3c2=S)[C@H](OC(C)=O)[C@@H](OC(C)=O)[C@@H]1OC(C)=O. The Labute approximate surface area is 254 Å². The summed E-state index contributed by atoms with van der Waals surface area (Å²) >= 11 is 5.87. The van der Waals surface area contributed by atoms with E-state index in [-0.39, 0.29) is 16.1 Å². The van der Waals surface area contributed by atoms with Gasteiger partial charge in [0.25, 0.3) is 5.56 Å². The Morgan fingerprint density at radius 1 is 0.818 bits per heavy atom. The second-order valence-electron chi connectivity index (χ2n) is 9.95. The summed E-state index contributed by atoms with van der Waals surface area (Å²) in [4.78, 5) is 62.2. The monoisotopic (exact) mass is 624 g/mol. The van der Waals surface area contributed by atoms with E-state index in [0.717, 1.165) is 20.8 Å². The van der Waals surface area contributed by atoms with E-state index in [0.29, 0.717) is 16.6 Å². The molecule has 4 aromatic rings. The number of hydrogen-bond acceptors (Lipinski definition) is 12. The van der Waals surface area contributed by atoms with Gasteiger partial charge in [0.15, 0.2) is 24.5 Å². The van der Waals surface area contributed by atoms with Crippen LogP contribution in [0.1, 0.15) is 33.9 Å². The average molecular weight is 625 g/mol. The zero-order chi connectivity index (χ0) is 31.7. The second-order valence-corrected chi connectivity index (χ2v) is 10.3. The molecule has 1 saturated heterocycles. The number of ether oxygens (including phenoxy) is 5. The van der Waals surface area contributed by atoms with Crippen LogP contribution in [0.15, 0.2) is 59.4 Å². The van der Waals surface area contributed by atoms with Crippen LogP contribution in [0.5, 0.6) is 0 Å². The Bertz CT molecular complexity index is 1880. The molecule has 0 amide bonds. The van der Waals surface area contributed by atoms with E-state index < -0.39 is 61.1 Å². The van der Waals surface area contributed by atoms with E-state index in [1.165, 1.54) is 16.2 Å². The van der Waals surface area contributed by atoms with Crippen molar-refractivity contribution in [3.8, 4) is 5.69 Å². The maximum atomic E-state index is 13.8. The fourth-order valence-corrected chi connectivity index (χ4v) is 5.49. The van der Waals surface area contributed by atoms with Gasteiger partial charge in [0.1, 0.15) is 12.7 Å². The van der Waals surface area contributed by atoms with Crippen molar-refractivity contribution in [2.75, 3.05) is 6.61 Å². The van der Waals surface area contributed by atoms with Crippen LogP contribution < -0.4 is 5.56 Å². The van der Waals surface area contributed by atoms with E-state index >= 15 is 0 Å². The number of nitrogens with zero attached hydrogens (tertiary/aromatic N) is 4. The molecule has 0 unspecified atom stereocenters. The lowest BCUT2D eigenvalue weighted by atomic mass is 9.97. The zero-order valence-corrected chi connectivity index (χ0v) is 24.9. The Morgan fingerprint density at radius 3 is 2.05 bits per heavy atom. The van der Waals surface area contributed by atoms with Crippen LogP contribution in [0.2, 0.25) is 0 Å². The predicted molar refractivity (Wildman–Crippen MR) is 154 cm³/mol. The van der Waals surface area contributed by atoms with Crippen molar-refractivity contribution < 1.29 is 42.9 Å². The van der Waals surface area contributed by atoms with E-state index in [1.807, 2.05) is 0 Å². The third-order valence-corrected chi connectivity index (χ3v) is 7.15. The lowest BCUT2D eigenvalue weighted by Crippen LogP contribution is -2.60. The van der Waals surface area contributed by atoms with E-state index in [4.69, 9.17) is 35.9 Å². The molecule has 230 valence electrons. The van der Waals surface area contributed by atoms with Gasteiger partial charge < -0.3 is 23.7 Å². The highest BCUT2D eigenvalue weighted by atomic mass is 32.1. The van der Waals surface area contributed by atoms with Crippen molar-refractivity contribution >= 4 is 52.8 Å². The largest absolute Gasteiger partial charge is 0.463 e. The molecule has 5 rings (SSSR count). The summed E-state index contributed by atoms with van der Waals surface area (Å²) in [6.07, 6.45) is -6.86. The van der Waals surface area contributed by atoms with Crippen molar-refractivity contribution in [1.82, 2.24) is 18.7 Å². The molecule has 0 bridgehead atoms. The van der Waals surface area contributed by atoms with Gasteiger partial charge in [-0.25, -0.2) is 9.25 Å². The van der Waals surface area contributed by atoms with Crippen LogP contribution in [0.25, 0.3) is 22.4 Å². The summed E-state index contributed by atoms with van der Waals surface area (Å²) < 4.78 is 32.2. The van der Waals surface area contributed by atoms with Gasteiger partial charge in [-0.15, -0.1) is 5.10 Å². The molecule has 2 aromatic carbocycles. The van der Waals surface area contributed by atoms with Crippen molar-refractivity contribution in [3.63, 3.8) is 0 Å². The van der Waals surface area contributed by atoms with Crippen molar-refractivity contribution in [2.24, 2.45) is 0 Å². The Kier molecular flexibility index (Phi) is 8.60. The summed E-state index contributed by atoms with van der Waals surface area (Å²) in [6, 6.07) is 15.6. The highest BCUT2D eigenvalue weighted by Crippen LogP contribution is 2.35. The Balaban J connectivity index is 1.78. The normalized spacial score (nSPS) is 21.5. The summed E-state index contributed by atoms with van der Waals surface area (Å²) in [5, 5.41) is 5.02. The second kappa shape index (κ2) is 12.4. The van der Waals surface area contributed by atoms with E-state index in [2.05, 4.69) is 5.10 Å². The number of para-hydroxylation sites is 2. The summed E-state index contributed by atoms with van der Waals surface area (Å²) in [5.74, 6) is -2.86. The molecule has 3 heterocycles. The lowest BCUT2D eigenvalue weighted by Gasteiger charge is -2.44. The molecular weight excluding hydrogens is 596 g/mol. The van der Waals surface area contributed by atoms with Gasteiger partial charge in [-0.1, -0.05) is 30.3 Å². The molecule has 2 aromatic heterocycles. The number of benzene rings is 2. The molecule has 1 aliphatic heterocycles. The van der Waals surface area contributed by atoms with Crippen molar-refractivity contribution in [1.29, 1.82) is 0 Å². The van der Waals surface area contributed by atoms with Gasteiger partial charge in [0, 0.05) is 27.7 Å². The Hall–Kier alpha value is -4.89. The molecule has 15 heteroatoms. The first-order chi connectivity index (χ1) is 21.0. The molecule has 1 fully saturated rings. The first-order valence-corrected chi connectivity index (χ1v) is 13.9. The van der Waals surface area contributed by atoms with Crippen LogP contribution in [-0.2, 0) is 42.9 Å². The number of esters is 4. The quantitative estimate of drug-likeness (QED) is 0.168. The van der Waals surface area contributed by atoms with Gasteiger partial charge in [0.05, 0.1) is 16.6 Å². The average Bonchev–Trinajstić information content (AvgIpc) is 3.30. The predicted octanol–water partition coefficient (Wildman–Crippen LogP) is 2.42. The van der Waals surface area contributed by atoms with Gasteiger partial charge >= 0.3 is 23.9 Å².